The Morgan fingerprint density at radius 2 is 1.59 bits per heavy atom. The van der Waals surface area contributed by atoms with Crippen molar-refractivity contribution >= 4 is 0 Å². The van der Waals surface area contributed by atoms with Gasteiger partial charge in [-0.2, -0.15) is 0 Å². The number of nitrogens with one attached hydrogen (secondary N) is 1. The van der Waals surface area contributed by atoms with Crippen molar-refractivity contribution < 1.29 is 5.11 Å². The summed E-state index contributed by atoms with van der Waals surface area (Å²) in [6, 6.07) is 17.8. The van der Waals surface area contributed by atoms with Crippen molar-refractivity contribution in [1.82, 2.24) is 5.32 Å². The van der Waals surface area contributed by atoms with Crippen LogP contribution in [0.5, 0.6) is 5.75 Å². The summed E-state index contributed by atoms with van der Waals surface area (Å²) in [7, 11) is 0. The van der Waals surface area contributed by atoms with Gasteiger partial charge in [-0.3, -0.25) is 0 Å². The van der Waals surface area contributed by atoms with Crippen LogP contribution in [0.1, 0.15) is 11.1 Å². The normalized spacial score (nSPS) is 10.4. The van der Waals surface area contributed by atoms with Gasteiger partial charge in [-0.1, -0.05) is 48.5 Å². The Kier molecular flexibility index (Phi) is 4.17. The Balaban J connectivity index is 1.76. The molecule has 0 unspecified atom stereocenters. The number of hydrogen-bond acceptors (Lipinski definition) is 2. The molecule has 2 rings (SSSR count). The zero-order valence-electron chi connectivity index (χ0n) is 9.76. The maximum Gasteiger partial charge on any atom is 0.118 e. The van der Waals surface area contributed by atoms with Crippen LogP contribution in [0.15, 0.2) is 54.6 Å². The van der Waals surface area contributed by atoms with Crippen molar-refractivity contribution in [2.75, 3.05) is 6.54 Å². The molecule has 0 aromatic heterocycles. The van der Waals surface area contributed by atoms with Crippen LogP contribution in [0.2, 0.25) is 0 Å². The van der Waals surface area contributed by atoms with Crippen molar-refractivity contribution in [1.29, 1.82) is 0 Å². The molecule has 0 heterocycles. The highest BCUT2D eigenvalue weighted by Crippen LogP contribution is 2.15. The van der Waals surface area contributed by atoms with Crippen LogP contribution in [-0.2, 0) is 13.0 Å². The van der Waals surface area contributed by atoms with Crippen LogP contribution < -0.4 is 5.32 Å². The van der Waals surface area contributed by atoms with E-state index in [1.54, 1.807) is 6.07 Å². The quantitative estimate of drug-likeness (QED) is 0.770. The number of phenolic OH excluding ortho intramolecular Hbond substituents is 1. The topological polar surface area (TPSA) is 32.3 Å². The van der Waals surface area contributed by atoms with E-state index < -0.39 is 0 Å². The molecule has 0 atom stereocenters. The minimum atomic E-state index is 0.383. The van der Waals surface area contributed by atoms with Gasteiger partial charge in [0.2, 0.25) is 0 Å². The molecule has 17 heavy (non-hydrogen) atoms. The fraction of sp³-hybridized carbons (Fsp3) is 0.200. The Labute approximate surface area is 102 Å². The van der Waals surface area contributed by atoms with Crippen LogP contribution in [0.25, 0.3) is 0 Å². The molecule has 0 radical (unpaired) electrons. The highest BCUT2D eigenvalue weighted by molar-refractivity contribution is 5.31. The van der Waals surface area contributed by atoms with Gasteiger partial charge < -0.3 is 10.4 Å². The molecule has 2 heteroatoms. The first-order valence-corrected chi connectivity index (χ1v) is 5.88. The van der Waals surface area contributed by atoms with Gasteiger partial charge in [0.15, 0.2) is 0 Å². The second kappa shape index (κ2) is 6.06. The summed E-state index contributed by atoms with van der Waals surface area (Å²) in [5.41, 5.74) is 2.28. The summed E-state index contributed by atoms with van der Waals surface area (Å²) in [4.78, 5) is 0. The zero-order chi connectivity index (χ0) is 11.9. The number of benzene rings is 2. The second-order valence-electron chi connectivity index (χ2n) is 4.04. The molecule has 0 fully saturated rings. The van der Waals surface area contributed by atoms with E-state index in [0.29, 0.717) is 5.75 Å². The van der Waals surface area contributed by atoms with E-state index >= 15 is 0 Å². The third-order valence-corrected chi connectivity index (χ3v) is 2.73. The molecular formula is C15H17NO. The van der Waals surface area contributed by atoms with Gasteiger partial charge in [-0.05, 0) is 30.2 Å². The van der Waals surface area contributed by atoms with Crippen LogP contribution in [0, 0.1) is 0 Å². The van der Waals surface area contributed by atoms with Crippen molar-refractivity contribution in [3.8, 4) is 5.75 Å². The smallest absolute Gasteiger partial charge is 0.118 e. The van der Waals surface area contributed by atoms with Crippen LogP contribution in [-0.4, -0.2) is 11.7 Å². The molecule has 0 saturated heterocycles. The van der Waals surface area contributed by atoms with E-state index in [2.05, 4.69) is 17.4 Å². The summed E-state index contributed by atoms with van der Waals surface area (Å²) in [6.07, 6.45) is 0.847. The maximum absolute atomic E-state index is 9.60. The van der Waals surface area contributed by atoms with Gasteiger partial charge in [0.1, 0.15) is 5.75 Å². The molecule has 2 N–H and O–H groups in total. The number of hydrogen-bond donors (Lipinski definition) is 2. The first-order chi connectivity index (χ1) is 8.36. The molecule has 0 aliphatic rings. The summed E-state index contributed by atoms with van der Waals surface area (Å²) >= 11 is 0. The van der Waals surface area contributed by atoms with Crippen molar-refractivity contribution in [2.45, 2.75) is 13.0 Å². The largest absolute Gasteiger partial charge is 0.508 e. The molecule has 2 aromatic carbocycles. The van der Waals surface area contributed by atoms with E-state index in [-0.39, 0.29) is 0 Å². The molecular weight excluding hydrogens is 210 g/mol. The molecule has 0 aliphatic carbocycles. The van der Waals surface area contributed by atoms with Crippen molar-refractivity contribution in [3.05, 3.63) is 65.7 Å². The first kappa shape index (κ1) is 11.7. The fourth-order valence-electron chi connectivity index (χ4n) is 1.77. The van der Waals surface area contributed by atoms with Crippen LogP contribution >= 0.6 is 0 Å². The maximum atomic E-state index is 9.60. The average Bonchev–Trinajstić information content (AvgIpc) is 2.38. The molecule has 0 aliphatic heterocycles. The van der Waals surface area contributed by atoms with E-state index in [9.17, 15) is 5.11 Å². The van der Waals surface area contributed by atoms with E-state index in [4.69, 9.17) is 0 Å². The number of rotatable bonds is 5. The predicted octanol–water partition coefficient (Wildman–Crippen LogP) is 2.72. The Hall–Kier alpha value is -1.80. The minimum absolute atomic E-state index is 0.383. The second-order valence-corrected chi connectivity index (χ2v) is 4.04. The van der Waals surface area contributed by atoms with Gasteiger partial charge >= 0.3 is 0 Å². The van der Waals surface area contributed by atoms with Crippen molar-refractivity contribution in [3.63, 3.8) is 0 Å². The van der Waals surface area contributed by atoms with Crippen LogP contribution in [0.4, 0.5) is 0 Å². The molecule has 2 aromatic rings. The lowest BCUT2D eigenvalue weighted by Gasteiger charge is -2.06. The van der Waals surface area contributed by atoms with E-state index in [1.807, 2.05) is 36.4 Å². The third-order valence-electron chi connectivity index (χ3n) is 2.73. The van der Waals surface area contributed by atoms with Gasteiger partial charge in [-0.25, -0.2) is 0 Å². The molecule has 88 valence electrons. The predicted molar refractivity (Wildman–Crippen MR) is 70.0 cm³/mol. The van der Waals surface area contributed by atoms with Gasteiger partial charge in [-0.15, -0.1) is 0 Å². The molecule has 0 spiro atoms. The summed E-state index contributed by atoms with van der Waals surface area (Å²) in [6.45, 7) is 1.74. The van der Waals surface area contributed by atoms with Gasteiger partial charge in [0, 0.05) is 6.54 Å². The number of phenols is 1. The monoisotopic (exact) mass is 227 g/mol. The number of aromatic hydroxyl groups is 1. The molecule has 0 saturated carbocycles. The summed E-state index contributed by atoms with van der Waals surface area (Å²) in [5.74, 6) is 0.383. The molecule has 2 nitrogen and oxygen atoms in total. The lowest BCUT2D eigenvalue weighted by atomic mass is 10.1. The Morgan fingerprint density at radius 1 is 0.882 bits per heavy atom. The molecule has 0 bridgehead atoms. The Bertz CT molecular complexity index is 453. The third kappa shape index (κ3) is 3.61. The van der Waals surface area contributed by atoms with Crippen molar-refractivity contribution in [2.24, 2.45) is 0 Å². The number of para-hydroxylation sites is 1. The lowest BCUT2D eigenvalue weighted by molar-refractivity contribution is 0.467. The summed E-state index contributed by atoms with van der Waals surface area (Å²) < 4.78 is 0. The average molecular weight is 227 g/mol. The highest BCUT2D eigenvalue weighted by Gasteiger charge is 1.98. The highest BCUT2D eigenvalue weighted by atomic mass is 16.3. The fourth-order valence-corrected chi connectivity index (χ4v) is 1.77. The minimum Gasteiger partial charge on any atom is -0.508 e. The van der Waals surface area contributed by atoms with E-state index in [0.717, 1.165) is 25.1 Å². The van der Waals surface area contributed by atoms with E-state index in [1.165, 1.54) is 5.56 Å². The van der Waals surface area contributed by atoms with Gasteiger partial charge in [0.25, 0.3) is 0 Å². The lowest BCUT2D eigenvalue weighted by Crippen LogP contribution is -2.16. The SMILES string of the molecule is Oc1ccccc1CCNCc1ccccc1. The van der Waals surface area contributed by atoms with Crippen LogP contribution in [0.3, 0.4) is 0 Å². The zero-order valence-corrected chi connectivity index (χ0v) is 9.76. The first-order valence-electron chi connectivity index (χ1n) is 5.88. The van der Waals surface area contributed by atoms with Gasteiger partial charge in [0.05, 0.1) is 0 Å². The standard InChI is InChI=1S/C15H17NO/c17-15-9-5-4-8-14(15)10-11-16-12-13-6-2-1-3-7-13/h1-9,16-17H,10-12H2. The summed E-state index contributed by atoms with van der Waals surface area (Å²) in [5, 5.41) is 13.0. The molecule has 0 amide bonds. The Morgan fingerprint density at radius 3 is 2.35 bits per heavy atom.